The Kier molecular flexibility index (Phi) is 9.92. The van der Waals surface area contributed by atoms with Crippen molar-refractivity contribution in [2.24, 2.45) is 0 Å². The summed E-state index contributed by atoms with van der Waals surface area (Å²) in [4.78, 5) is 13.9. The van der Waals surface area contributed by atoms with Gasteiger partial charge in [0.25, 0.3) is 0 Å². The third-order valence-electron chi connectivity index (χ3n) is 3.01. The van der Waals surface area contributed by atoms with E-state index in [9.17, 15) is 4.79 Å². The normalized spacial score (nSPS) is 13.1. The highest BCUT2D eigenvalue weighted by atomic mass is 16.5. The van der Waals surface area contributed by atoms with E-state index in [2.05, 4.69) is 36.4 Å². The van der Waals surface area contributed by atoms with Gasteiger partial charge in [-0.25, -0.2) is 0 Å². The molecule has 0 spiro atoms. The number of hydrogen-bond acceptors (Lipinski definition) is 4. The maximum Gasteiger partial charge on any atom is 0.236 e. The molecule has 0 rings (SSSR count). The smallest absolute Gasteiger partial charge is 0.236 e. The van der Waals surface area contributed by atoms with Crippen molar-refractivity contribution < 1.29 is 9.53 Å². The van der Waals surface area contributed by atoms with Gasteiger partial charge in [-0.1, -0.05) is 0 Å². The summed E-state index contributed by atoms with van der Waals surface area (Å²) < 4.78 is 4.93. The van der Waals surface area contributed by atoms with E-state index in [4.69, 9.17) is 4.74 Å². The minimum absolute atomic E-state index is 0.0540. The van der Waals surface area contributed by atoms with Gasteiger partial charge in [0.05, 0.1) is 6.04 Å². The summed E-state index contributed by atoms with van der Waals surface area (Å²) in [5.41, 5.74) is 0. The fourth-order valence-electron chi connectivity index (χ4n) is 1.39. The van der Waals surface area contributed by atoms with Gasteiger partial charge in [0.1, 0.15) is 0 Å². The van der Waals surface area contributed by atoms with Crippen molar-refractivity contribution >= 4 is 5.91 Å². The summed E-state index contributed by atoms with van der Waals surface area (Å²) in [5.74, 6) is 0.0540. The van der Waals surface area contributed by atoms with E-state index in [1.807, 2.05) is 6.92 Å². The first-order chi connectivity index (χ1) is 8.49. The average Bonchev–Trinajstić information content (AvgIpc) is 2.33. The van der Waals surface area contributed by atoms with E-state index >= 15 is 0 Å². The number of amides is 1. The van der Waals surface area contributed by atoms with E-state index in [1.165, 1.54) is 0 Å². The van der Waals surface area contributed by atoms with E-state index in [0.717, 1.165) is 19.5 Å². The molecule has 2 N–H and O–H groups in total. The zero-order valence-corrected chi connectivity index (χ0v) is 12.5. The summed E-state index contributed by atoms with van der Waals surface area (Å²) in [6.45, 7) is 9.32. The Morgan fingerprint density at radius 3 is 2.50 bits per heavy atom. The van der Waals surface area contributed by atoms with Gasteiger partial charge in [0, 0.05) is 39.4 Å². The van der Waals surface area contributed by atoms with Crippen LogP contribution in [0.15, 0.2) is 0 Å². The highest BCUT2D eigenvalue weighted by Gasteiger charge is 2.11. The summed E-state index contributed by atoms with van der Waals surface area (Å²) in [6.07, 6.45) is 0.852. The molecule has 0 radical (unpaired) electrons. The molecule has 5 nitrogen and oxygen atoms in total. The van der Waals surface area contributed by atoms with Crippen LogP contribution < -0.4 is 10.6 Å². The van der Waals surface area contributed by atoms with Crippen LogP contribution in [0.5, 0.6) is 0 Å². The quantitative estimate of drug-likeness (QED) is 0.560. The Bertz CT molecular complexity index is 222. The fraction of sp³-hybridized carbons (Fsp3) is 0.923. The average molecular weight is 259 g/mol. The van der Waals surface area contributed by atoms with Gasteiger partial charge in [-0.3, -0.25) is 4.79 Å². The minimum Gasteiger partial charge on any atom is -0.385 e. The molecule has 0 bridgehead atoms. The van der Waals surface area contributed by atoms with Crippen molar-refractivity contribution in [1.82, 2.24) is 15.5 Å². The van der Waals surface area contributed by atoms with Crippen LogP contribution in [-0.2, 0) is 9.53 Å². The van der Waals surface area contributed by atoms with Crippen LogP contribution >= 0.6 is 0 Å². The molecule has 0 aromatic rings. The molecule has 0 aromatic heterocycles. The Labute approximate surface area is 111 Å². The molecule has 108 valence electrons. The highest BCUT2D eigenvalue weighted by molar-refractivity contribution is 5.81. The molecule has 1 unspecified atom stereocenters. The van der Waals surface area contributed by atoms with Crippen molar-refractivity contribution in [1.29, 1.82) is 0 Å². The zero-order chi connectivity index (χ0) is 14.0. The van der Waals surface area contributed by atoms with Crippen molar-refractivity contribution in [2.45, 2.75) is 39.3 Å². The number of carbonyl (C=O) groups is 1. The molecule has 18 heavy (non-hydrogen) atoms. The number of hydrogen-bond donors (Lipinski definition) is 2. The van der Waals surface area contributed by atoms with Crippen LogP contribution in [0.1, 0.15) is 27.2 Å². The molecule has 0 heterocycles. The second-order valence-electron chi connectivity index (χ2n) is 4.89. The second-order valence-corrected chi connectivity index (χ2v) is 4.89. The SMILES string of the molecule is COCCCNC(=O)C(C)NCCN(C)C(C)C. The molecular formula is C13H29N3O2. The first-order valence-electron chi connectivity index (χ1n) is 6.69. The lowest BCUT2D eigenvalue weighted by molar-refractivity contribution is -0.122. The van der Waals surface area contributed by atoms with Gasteiger partial charge in [0.2, 0.25) is 5.91 Å². The minimum atomic E-state index is -0.145. The third kappa shape index (κ3) is 8.44. The summed E-state index contributed by atoms with van der Waals surface area (Å²) in [5, 5.41) is 6.11. The van der Waals surface area contributed by atoms with E-state index in [-0.39, 0.29) is 11.9 Å². The molecule has 5 heteroatoms. The zero-order valence-electron chi connectivity index (χ0n) is 12.5. The summed E-state index contributed by atoms with van der Waals surface area (Å²) in [6, 6.07) is 0.387. The van der Waals surface area contributed by atoms with E-state index in [0.29, 0.717) is 19.2 Å². The van der Waals surface area contributed by atoms with Crippen molar-refractivity contribution in [3.63, 3.8) is 0 Å². The van der Waals surface area contributed by atoms with Crippen molar-refractivity contribution in [3.05, 3.63) is 0 Å². The van der Waals surface area contributed by atoms with Gasteiger partial charge in [-0.05, 0) is 34.2 Å². The lowest BCUT2D eigenvalue weighted by Crippen LogP contribution is -2.45. The number of nitrogens with one attached hydrogen (secondary N) is 2. The first-order valence-corrected chi connectivity index (χ1v) is 6.69. The van der Waals surface area contributed by atoms with Crippen LogP contribution in [0.3, 0.4) is 0 Å². The lowest BCUT2D eigenvalue weighted by atomic mass is 10.3. The molecule has 0 saturated carbocycles. The summed E-state index contributed by atoms with van der Waals surface area (Å²) in [7, 11) is 3.75. The van der Waals surface area contributed by atoms with Gasteiger partial charge in [-0.15, -0.1) is 0 Å². The maximum atomic E-state index is 11.7. The topological polar surface area (TPSA) is 53.6 Å². The Balaban J connectivity index is 3.61. The predicted octanol–water partition coefficient (Wildman–Crippen LogP) is 0.457. The first kappa shape index (κ1) is 17.4. The van der Waals surface area contributed by atoms with Gasteiger partial charge in [-0.2, -0.15) is 0 Å². The predicted molar refractivity (Wildman–Crippen MR) is 74.7 cm³/mol. The number of methoxy groups -OCH3 is 1. The van der Waals surface area contributed by atoms with Crippen LogP contribution in [0.2, 0.25) is 0 Å². The van der Waals surface area contributed by atoms with Crippen molar-refractivity contribution in [3.8, 4) is 0 Å². The summed E-state index contributed by atoms with van der Waals surface area (Å²) >= 11 is 0. The van der Waals surface area contributed by atoms with Crippen LogP contribution in [0.25, 0.3) is 0 Å². The largest absolute Gasteiger partial charge is 0.385 e. The van der Waals surface area contributed by atoms with Crippen molar-refractivity contribution in [2.75, 3.05) is 40.4 Å². The Morgan fingerprint density at radius 2 is 1.94 bits per heavy atom. The van der Waals surface area contributed by atoms with E-state index < -0.39 is 0 Å². The molecule has 0 aromatic carbocycles. The van der Waals surface area contributed by atoms with Gasteiger partial charge in [0.15, 0.2) is 0 Å². The molecule has 0 saturated heterocycles. The number of rotatable bonds is 10. The number of nitrogens with zero attached hydrogens (tertiary/aromatic N) is 1. The Hall–Kier alpha value is -0.650. The third-order valence-corrected chi connectivity index (χ3v) is 3.01. The molecule has 1 amide bonds. The molecule has 0 aliphatic heterocycles. The number of likely N-dealkylation sites (N-methyl/N-ethyl adjacent to an activating group) is 1. The lowest BCUT2D eigenvalue weighted by Gasteiger charge is -2.22. The van der Waals surface area contributed by atoms with Crippen LogP contribution in [0.4, 0.5) is 0 Å². The van der Waals surface area contributed by atoms with Crippen LogP contribution in [0, 0.1) is 0 Å². The molecule has 0 aliphatic carbocycles. The monoisotopic (exact) mass is 259 g/mol. The number of carbonyl (C=O) groups excluding carboxylic acids is 1. The maximum absolute atomic E-state index is 11.7. The standard InChI is InChI=1S/C13H29N3O2/c1-11(2)16(4)9-8-14-12(3)13(17)15-7-6-10-18-5/h11-12,14H,6-10H2,1-5H3,(H,15,17). The van der Waals surface area contributed by atoms with Gasteiger partial charge < -0.3 is 20.3 Å². The van der Waals surface area contributed by atoms with Crippen LogP contribution in [-0.4, -0.2) is 63.3 Å². The molecule has 1 atom stereocenters. The fourth-order valence-corrected chi connectivity index (χ4v) is 1.39. The second kappa shape index (κ2) is 10.3. The van der Waals surface area contributed by atoms with Gasteiger partial charge >= 0.3 is 0 Å². The molecule has 0 fully saturated rings. The molecule has 0 aliphatic rings. The highest BCUT2D eigenvalue weighted by Crippen LogP contribution is 1.91. The van der Waals surface area contributed by atoms with E-state index in [1.54, 1.807) is 7.11 Å². The number of ether oxygens (including phenoxy) is 1. The molecular weight excluding hydrogens is 230 g/mol. The Morgan fingerprint density at radius 1 is 1.28 bits per heavy atom.